The van der Waals surface area contributed by atoms with Crippen molar-refractivity contribution in [2.75, 3.05) is 0 Å². The standard InChI is InChI=1S/C18H24BNO4/c1-11-6-7-12-13(10-20-15(12)8-11)14(9-16(21)22)19-23-17(2,3)18(4,5)24-19/h6-8,10,14,20H,9H2,1-5H3,(H,21,22). The first-order valence-electron chi connectivity index (χ1n) is 8.26. The second kappa shape index (κ2) is 5.64. The summed E-state index contributed by atoms with van der Waals surface area (Å²) in [6.07, 6.45) is 1.83. The maximum absolute atomic E-state index is 11.5. The van der Waals surface area contributed by atoms with Crippen molar-refractivity contribution in [2.45, 2.75) is 58.1 Å². The first-order chi connectivity index (χ1) is 11.1. The number of fused-ring (bicyclic) bond motifs is 1. The Labute approximate surface area is 142 Å². The van der Waals surface area contributed by atoms with Crippen molar-refractivity contribution in [3.8, 4) is 0 Å². The van der Waals surface area contributed by atoms with Crippen LogP contribution >= 0.6 is 0 Å². The number of aromatic nitrogens is 1. The molecule has 0 aliphatic carbocycles. The van der Waals surface area contributed by atoms with Gasteiger partial charge in [-0.25, -0.2) is 0 Å². The monoisotopic (exact) mass is 329 g/mol. The molecule has 0 saturated carbocycles. The van der Waals surface area contributed by atoms with Crippen molar-refractivity contribution < 1.29 is 19.2 Å². The number of aromatic amines is 1. The van der Waals surface area contributed by atoms with E-state index in [0.717, 1.165) is 22.0 Å². The molecule has 1 aromatic carbocycles. The fourth-order valence-corrected chi connectivity index (χ4v) is 3.16. The topological polar surface area (TPSA) is 71.6 Å². The molecule has 2 N–H and O–H groups in total. The summed E-state index contributed by atoms with van der Waals surface area (Å²) < 4.78 is 12.2. The third-order valence-electron chi connectivity index (χ3n) is 5.26. The van der Waals surface area contributed by atoms with Crippen LogP contribution in [0.15, 0.2) is 24.4 Å². The van der Waals surface area contributed by atoms with E-state index in [2.05, 4.69) is 11.1 Å². The van der Waals surface area contributed by atoms with Crippen LogP contribution < -0.4 is 0 Å². The molecule has 6 heteroatoms. The lowest BCUT2D eigenvalue weighted by Crippen LogP contribution is -2.41. The second-order valence-corrected chi connectivity index (χ2v) is 7.62. The maximum atomic E-state index is 11.5. The molecule has 1 atom stereocenters. The van der Waals surface area contributed by atoms with Crippen LogP contribution in [0, 0.1) is 6.92 Å². The highest BCUT2D eigenvalue weighted by atomic mass is 16.7. The van der Waals surface area contributed by atoms with Gasteiger partial charge < -0.3 is 19.4 Å². The zero-order valence-electron chi connectivity index (χ0n) is 14.8. The van der Waals surface area contributed by atoms with Crippen LogP contribution in [0.5, 0.6) is 0 Å². The third-order valence-corrected chi connectivity index (χ3v) is 5.26. The summed E-state index contributed by atoms with van der Waals surface area (Å²) in [5, 5.41) is 10.4. The van der Waals surface area contributed by atoms with E-state index >= 15 is 0 Å². The molecule has 1 unspecified atom stereocenters. The number of hydrogen-bond acceptors (Lipinski definition) is 3. The molecule has 0 spiro atoms. The van der Waals surface area contributed by atoms with Crippen LogP contribution in [-0.2, 0) is 14.1 Å². The van der Waals surface area contributed by atoms with Crippen LogP contribution in [0.25, 0.3) is 10.9 Å². The molecular weight excluding hydrogens is 305 g/mol. The molecule has 0 radical (unpaired) electrons. The summed E-state index contributed by atoms with van der Waals surface area (Å²) in [5.74, 6) is -1.24. The van der Waals surface area contributed by atoms with Crippen molar-refractivity contribution in [3.05, 3.63) is 35.5 Å². The summed E-state index contributed by atoms with van der Waals surface area (Å²) in [7, 11) is -0.591. The first kappa shape index (κ1) is 17.1. The van der Waals surface area contributed by atoms with Gasteiger partial charge in [0.1, 0.15) is 0 Å². The van der Waals surface area contributed by atoms with E-state index in [-0.39, 0.29) is 12.2 Å². The number of rotatable bonds is 4. The summed E-state index contributed by atoms with van der Waals surface area (Å²) in [5.41, 5.74) is 2.10. The number of carboxylic acids is 1. The molecule has 1 aromatic heterocycles. The Morgan fingerprint density at radius 1 is 1.25 bits per heavy atom. The number of carbonyl (C=O) groups is 1. The molecule has 3 rings (SSSR count). The van der Waals surface area contributed by atoms with Gasteiger partial charge in [0.25, 0.3) is 0 Å². The van der Waals surface area contributed by atoms with Crippen molar-refractivity contribution in [1.29, 1.82) is 0 Å². The van der Waals surface area contributed by atoms with Crippen LogP contribution in [0.3, 0.4) is 0 Å². The number of aryl methyl sites for hydroxylation is 1. The normalized spacial score (nSPS) is 20.5. The molecule has 5 nitrogen and oxygen atoms in total. The second-order valence-electron chi connectivity index (χ2n) is 7.62. The van der Waals surface area contributed by atoms with E-state index < -0.39 is 24.3 Å². The van der Waals surface area contributed by atoms with Gasteiger partial charge in [-0.15, -0.1) is 0 Å². The zero-order valence-corrected chi connectivity index (χ0v) is 14.8. The minimum atomic E-state index is -0.865. The largest absolute Gasteiger partial charge is 0.481 e. The predicted molar refractivity (Wildman–Crippen MR) is 94.1 cm³/mol. The summed E-state index contributed by atoms with van der Waals surface area (Å²) in [6.45, 7) is 9.93. The minimum Gasteiger partial charge on any atom is -0.481 e. The Morgan fingerprint density at radius 2 is 1.88 bits per heavy atom. The summed E-state index contributed by atoms with van der Waals surface area (Å²) in [4.78, 5) is 14.7. The van der Waals surface area contributed by atoms with Crippen molar-refractivity contribution in [3.63, 3.8) is 0 Å². The summed E-state index contributed by atoms with van der Waals surface area (Å²) in [6, 6.07) is 6.11. The van der Waals surface area contributed by atoms with E-state index in [1.165, 1.54) is 0 Å². The number of benzene rings is 1. The predicted octanol–water partition coefficient (Wildman–Crippen LogP) is 3.67. The van der Waals surface area contributed by atoms with Crippen LogP contribution in [0.2, 0.25) is 0 Å². The molecule has 24 heavy (non-hydrogen) atoms. The smallest absolute Gasteiger partial charge is 0.466 e. The highest BCUT2D eigenvalue weighted by Crippen LogP contribution is 2.43. The number of hydrogen-bond donors (Lipinski definition) is 2. The molecule has 1 fully saturated rings. The van der Waals surface area contributed by atoms with Gasteiger partial charge in [-0.2, -0.15) is 0 Å². The Bertz CT molecular complexity index is 764. The van der Waals surface area contributed by atoms with Gasteiger partial charge in [0.15, 0.2) is 0 Å². The molecule has 1 saturated heterocycles. The quantitative estimate of drug-likeness (QED) is 0.840. The Morgan fingerprint density at radius 3 is 2.46 bits per heavy atom. The van der Waals surface area contributed by atoms with Gasteiger partial charge in [-0.3, -0.25) is 4.79 Å². The van der Waals surface area contributed by atoms with Crippen LogP contribution in [-0.4, -0.2) is 34.4 Å². The zero-order chi connectivity index (χ0) is 17.7. The lowest BCUT2D eigenvalue weighted by Gasteiger charge is -2.32. The molecule has 1 aliphatic heterocycles. The molecule has 1 aliphatic rings. The van der Waals surface area contributed by atoms with Gasteiger partial charge in [-0.1, -0.05) is 12.1 Å². The number of nitrogens with one attached hydrogen (secondary N) is 1. The average Bonchev–Trinajstić information content (AvgIpc) is 2.94. The number of aliphatic carboxylic acids is 1. The van der Waals surface area contributed by atoms with Crippen LogP contribution in [0.4, 0.5) is 0 Å². The highest BCUT2D eigenvalue weighted by molar-refractivity contribution is 6.48. The van der Waals surface area contributed by atoms with Gasteiger partial charge in [0.05, 0.1) is 17.6 Å². The molecule has 128 valence electrons. The van der Waals surface area contributed by atoms with E-state index in [1.807, 2.05) is 52.9 Å². The fraction of sp³-hybridized carbons (Fsp3) is 0.500. The van der Waals surface area contributed by atoms with Crippen LogP contribution in [0.1, 0.15) is 51.1 Å². The van der Waals surface area contributed by atoms with Crippen molar-refractivity contribution >= 4 is 24.0 Å². The van der Waals surface area contributed by atoms with E-state index in [0.29, 0.717) is 0 Å². The fourth-order valence-electron chi connectivity index (χ4n) is 3.16. The highest BCUT2D eigenvalue weighted by Gasteiger charge is 2.54. The Balaban J connectivity index is 2.02. The lowest BCUT2D eigenvalue weighted by atomic mass is 9.66. The van der Waals surface area contributed by atoms with E-state index in [9.17, 15) is 9.90 Å². The Hall–Kier alpha value is -1.79. The molecule has 2 aromatic rings. The average molecular weight is 329 g/mol. The lowest BCUT2D eigenvalue weighted by molar-refractivity contribution is -0.137. The number of H-pyrrole nitrogens is 1. The minimum absolute atomic E-state index is 0.0440. The van der Waals surface area contributed by atoms with Gasteiger partial charge in [0.2, 0.25) is 0 Å². The van der Waals surface area contributed by atoms with Crippen molar-refractivity contribution in [1.82, 2.24) is 4.98 Å². The third kappa shape index (κ3) is 2.85. The molecular formula is C18H24BNO4. The molecule has 2 heterocycles. The van der Waals surface area contributed by atoms with Gasteiger partial charge >= 0.3 is 13.1 Å². The van der Waals surface area contributed by atoms with E-state index in [1.54, 1.807) is 0 Å². The SMILES string of the molecule is Cc1ccc2c(C(CC(=O)O)B3OC(C)(C)C(C)(C)O3)c[nH]c2c1. The van der Waals surface area contributed by atoms with E-state index in [4.69, 9.17) is 9.31 Å². The maximum Gasteiger partial charge on any atom is 0.466 e. The first-order valence-corrected chi connectivity index (χ1v) is 8.26. The molecule has 0 amide bonds. The van der Waals surface area contributed by atoms with Crippen molar-refractivity contribution in [2.24, 2.45) is 0 Å². The number of carboxylic acid groups (broad SMARTS) is 1. The Kier molecular flexibility index (Phi) is 4.01. The summed E-state index contributed by atoms with van der Waals surface area (Å²) >= 11 is 0. The van der Waals surface area contributed by atoms with Gasteiger partial charge in [0, 0.05) is 22.9 Å². The molecule has 0 bridgehead atoms. The van der Waals surface area contributed by atoms with Gasteiger partial charge in [-0.05, 0) is 51.8 Å².